The van der Waals surface area contributed by atoms with Crippen molar-refractivity contribution in [2.45, 2.75) is 6.92 Å². The second kappa shape index (κ2) is 5.31. The first-order chi connectivity index (χ1) is 7.50. The summed E-state index contributed by atoms with van der Waals surface area (Å²) < 4.78 is 0. The third-order valence-electron chi connectivity index (χ3n) is 1.70. The van der Waals surface area contributed by atoms with Gasteiger partial charge in [0.1, 0.15) is 0 Å². The summed E-state index contributed by atoms with van der Waals surface area (Å²) in [4.78, 5) is 25.6. The molecule has 1 aromatic heterocycles. The Balaban J connectivity index is 2.46. The summed E-state index contributed by atoms with van der Waals surface area (Å²) in [6.07, 6.45) is 0. The Kier molecular flexibility index (Phi) is 4.06. The van der Waals surface area contributed by atoms with Crippen LogP contribution in [0.25, 0.3) is 0 Å². The molecule has 0 bridgehead atoms. The molecule has 0 aromatic carbocycles. The molecule has 1 aromatic rings. The SMILES string of the molecule is Cc1sc(NCCNC(N)=O)nc1C(=O)O. The van der Waals surface area contributed by atoms with Gasteiger partial charge >= 0.3 is 12.0 Å². The normalized spacial score (nSPS) is 9.81. The number of primary amides is 1. The lowest BCUT2D eigenvalue weighted by molar-refractivity contribution is 0.0690. The second-order valence-electron chi connectivity index (χ2n) is 2.95. The quantitative estimate of drug-likeness (QED) is 0.553. The maximum atomic E-state index is 10.7. The van der Waals surface area contributed by atoms with Crippen molar-refractivity contribution in [1.29, 1.82) is 0 Å². The summed E-state index contributed by atoms with van der Waals surface area (Å²) in [7, 11) is 0. The summed E-state index contributed by atoms with van der Waals surface area (Å²) in [5.74, 6) is -1.04. The van der Waals surface area contributed by atoms with Crippen molar-refractivity contribution in [2.75, 3.05) is 18.4 Å². The van der Waals surface area contributed by atoms with Crippen LogP contribution >= 0.6 is 11.3 Å². The van der Waals surface area contributed by atoms with Gasteiger partial charge in [-0.1, -0.05) is 0 Å². The molecule has 2 amide bonds. The molecule has 0 aliphatic rings. The molecule has 8 heteroatoms. The van der Waals surface area contributed by atoms with Gasteiger partial charge in [-0.25, -0.2) is 14.6 Å². The van der Waals surface area contributed by atoms with Crippen molar-refractivity contribution in [3.05, 3.63) is 10.6 Å². The maximum absolute atomic E-state index is 10.7. The number of nitrogens with two attached hydrogens (primary N) is 1. The van der Waals surface area contributed by atoms with Gasteiger partial charge < -0.3 is 21.5 Å². The fraction of sp³-hybridized carbons (Fsp3) is 0.375. The predicted molar refractivity (Wildman–Crippen MR) is 59.9 cm³/mol. The number of hydrogen-bond acceptors (Lipinski definition) is 5. The highest BCUT2D eigenvalue weighted by atomic mass is 32.1. The molecule has 1 rings (SSSR count). The van der Waals surface area contributed by atoms with Crippen molar-refractivity contribution in [2.24, 2.45) is 5.73 Å². The summed E-state index contributed by atoms with van der Waals surface area (Å²) in [6, 6.07) is -0.594. The minimum Gasteiger partial charge on any atom is -0.476 e. The zero-order chi connectivity index (χ0) is 12.1. The number of aryl methyl sites for hydroxylation is 1. The monoisotopic (exact) mass is 244 g/mol. The number of carbonyl (C=O) groups is 2. The number of urea groups is 1. The van der Waals surface area contributed by atoms with Gasteiger partial charge in [0.25, 0.3) is 0 Å². The van der Waals surface area contributed by atoms with Crippen LogP contribution in [0.4, 0.5) is 9.93 Å². The van der Waals surface area contributed by atoms with Crippen LogP contribution in [-0.4, -0.2) is 35.2 Å². The molecule has 1 heterocycles. The molecule has 0 atom stereocenters. The van der Waals surface area contributed by atoms with Gasteiger partial charge in [-0.15, -0.1) is 11.3 Å². The zero-order valence-electron chi connectivity index (χ0n) is 8.61. The van der Waals surface area contributed by atoms with Gasteiger partial charge in [-0.05, 0) is 6.92 Å². The second-order valence-corrected chi connectivity index (χ2v) is 4.15. The molecule has 0 saturated carbocycles. The molecule has 0 aliphatic carbocycles. The summed E-state index contributed by atoms with van der Waals surface area (Å²) in [5, 5.41) is 14.6. The van der Waals surface area contributed by atoms with Gasteiger partial charge in [-0.2, -0.15) is 0 Å². The maximum Gasteiger partial charge on any atom is 0.355 e. The Morgan fingerprint density at radius 3 is 2.69 bits per heavy atom. The van der Waals surface area contributed by atoms with Crippen molar-refractivity contribution in [3.63, 3.8) is 0 Å². The Morgan fingerprint density at radius 2 is 2.19 bits per heavy atom. The Bertz CT molecular complexity index is 404. The summed E-state index contributed by atoms with van der Waals surface area (Å²) in [5.41, 5.74) is 4.92. The van der Waals surface area contributed by atoms with E-state index in [0.717, 1.165) is 0 Å². The van der Waals surface area contributed by atoms with E-state index in [2.05, 4.69) is 15.6 Å². The number of aromatic nitrogens is 1. The van der Waals surface area contributed by atoms with Crippen LogP contribution in [0.5, 0.6) is 0 Å². The molecular formula is C8H12N4O3S. The van der Waals surface area contributed by atoms with Crippen molar-refractivity contribution in [1.82, 2.24) is 10.3 Å². The molecule has 0 radical (unpaired) electrons. The summed E-state index contributed by atoms with van der Waals surface area (Å²) in [6.45, 7) is 2.49. The van der Waals surface area contributed by atoms with Gasteiger partial charge in [-0.3, -0.25) is 0 Å². The van der Waals surface area contributed by atoms with E-state index < -0.39 is 12.0 Å². The van der Waals surface area contributed by atoms with Gasteiger partial charge in [0.2, 0.25) is 0 Å². The molecule has 0 fully saturated rings. The van der Waals surface area contributed by atoms with E-state index in [1.54, 1.807) is 6.92 Å². The molecule has 0 aliphatic heterocycles. The molecule has 7 nitrogen and oxygen atoms in total. The van der Waals surface area contributed by atoms with E-state index in [0.29, 0.717) is 23.1 Å². The van der Waals surface area contributed by atoms with E-state index in [1.807, 2.05) is 0 Å². The van der Waals surface area contributed by atoms with Crippen LogP contribution in [0, 0.1) is 6.92 Å². The molecule has 0 spiro atoms. The largest absolute Gasteiger partial charge is 0.476 e. The third-order valence-corrected chi connectivity index (χ3v) is 2.63. The highest BCUT2D eigenvalue weighted by molar-refractivity contribution is 7.15. The van der Waals surface area contributed by atoms with Crippen LogP contribution in [0.15, 0.2) is 0 Å². The van der Waals surface area contributed by atoms with E-state index >= 15 is 0 Å². The topological polar surface area (TPSA) is 117 Å². The average Bonchev–Trinajstić information content (AvgIpc) is 2.54. The number of nitrogens with one attached hydrogen (secondary N) is 2. The van der Waals surface area contributed by atoms with Gasteiger partial charge in [0, 0.05) is 18.0 Å². The number of aromatic carboxylic acids is 1. The number of amides is 2. The van der Waals surface area contributed by atoms with Gasteiger partial charge in [0.05, 0.1) is 0 Å². The number of thiazole rings is 1. The molecule has 16 heavy (non-hydrogen) atoms. The van der Waals surface area contributed by atoms with Crippen molar-refractivity contribution >= 4 is 28.5 Å². The first-order valence-electron chi connectivity index (χ1n) is 4.48. The first kappa shape index (κ1) is 12.2. The number of hydrogen-bond donors (Lipinski definition) is 4. The van der Waals surface area contributed by atoms with Crippen LogP contribution in [0.2, 0.25) is 0 Å². The minimum absolute atomic E-state index is 0.0513. The molecule has 0 unspecified atom stereocenters. The third kappa shape index (κ3) is 3.39. The molecule has 88 valence electrons. The average molecular weight is 244 g/mol. The first-order valence-corrected chi connectivity index (χ1v) is 5.30. The highest BCUT2D eigenvalue weighted by Gasteiger charge is 2.13. The van der Waals surface area contributed by atoms with E-state index in [-0.39, 0.29) is 5.69 Å². The van der Waals surface area contributed by atoms with Crippen LogP contribution in [0.1, 0.15) is 15.4 Å². The fourth-order valence-electron chi connectivity index (χ4n) is 1.03. The smallest absolute Gasteiger partial charge is 0.355 e. The lowest BCUT2D eigenvalue weighted by Crippen LogP contribution is -2.33. The zero-order valence-corrected chi connectivity index (χ0v) is 9.43. The Hall–Kier alpha value is -1.83. The fourth-order valence-corrected chi connectivity index (χ4v) is 1.86. The predicted octanol–water partition coefficient (Wildman–Crippen LogP) is 0.230. The van der Waals surface area contributed by atoms with Gasteiger partial charge in [0.15, 0.2) is 10.8 Å². The molecular weight excluding hydrogens is 232 g/mol. The van der Waals surface area contributed by atoms with E-state index in [1.165, 1.54) is 11.3 Å². The van der Waals surface area contributed by atoms with Crippen molar-refractivity contribution < 1.29 is 14.7 Å². The lowest BCUT2D eigenvalue weighted by atomic mass is 10.4. The van der Waals surface area contributed by atoms with Crippen LogP contribution in [-0.2, 0) is 0 Å². The number of carboxylic acid groups (broad SMARTS) is 1. The molecule has 5 N–H and O–H groups in total. The standard InChI is InChI=1S/C8H12N4O3S/c1-4-5(6(13)14)12-8(16-4)11-3-2-10-7(9)15/h2-3H2,1H3,(H,11,12)(H,13,14)(H3,9,10,15). The van der Waals surface area contributed by atoms with Crippen LogP contribution in [0.3, 0.4) is 0 Å². The lowest BCUT2D eigenvalue weighted by Gasteiger charge is -2.02. The van der Waals surface area contributed by atoms with Crippen LogP contribution < -0.4 is 16.4 Å². The summed E-state index contributed by atoms with van der Waals surface area (Å²) >= 11 is 1.25. The van der Waals surface area contributed by atoms with Crippen molar-refractivity contribution in [3.8, 4) is 0 Å². The van der Waals surface area contributed by atoms with E-state index in [4.69, 9.17) is 10.8 Å². The number of nitrogens with zero attached hydrogens (tertiary/aromatic N) is 1. The number of carboxylic acids is 1. The Labute approximate surface area is 95.7 Å². The van der Waals surface area contributed by atoms with E-state index in [9.17, 15) is 9.59 Å². The molecule has 0 saturated heterocycles. The number of anilines is 1. The highest BCUT2D eigenvalue weighted by Crippen LogP contribution is 2.21. The number of rotatable bonds is 5. The Morgan fingerprint density at radius 1 is 1.50 bits per heavy atom. The minimum atomic E-state index is -1.04. The number of carbonyl (C=O) groups excluding carboxylic acids is 1.